The molecule has 1 rings (SSSR count). The molecule has 0 aromatic heterocycles. The molecule has 12 heavy (non-hydrogen) atoms. The van der Waals surface area contributed by atoms with E-state index in [-0.39, 0.29) is 0 Å². The molecule has 1 aromatic carbocycles. The first kappa shape index (κ1) is 9.82. The highest BCUT2D eigenvalue weighted by Gasteiger charge is 1.96. The molecule has 0 aliphatic heterocycles. The Morgan fingerprint density at radius 1 is 1.42 bits per heavy atom. The van der Waals surface area contributed by atoms with E-state index in [1.165, 1.54) is 5.56 Å². The molecular formula is C10H10BrCl. The van der Waals surface area contributed by atoms with Crippen molar-refractivity contribution in [2.24, 2.45) is 0 Å². The van der Waals surface area contributed by atoms with Crippen LogP contribution in [0.3, 0.4) is 0 Å². The minimum atomic E-state index is 0.781. The average Bonchev–Trinajstić information content (AvgIpc) is 2.04. The fourth-order valence-electron chi connectivity index (χ4n) is 1.05. The summed E-state index contributed by atoms with van der Waals surface area (Å²) in [7, 11) is 0. The monoisotopic (exact) mass is 244 g/mol. The summed E-state index contributed by atoms with van der Waals surface area (Å²) in [4.78, 5) is 0. The molecule has 2 heteroatoms. The van der Waals surface area contributed by atoms with Crippen molar-refractivity contribution in [2.75, 3.05) is 5.33 Å². The topological polar surface area (TPSA) is 0 Å². The molecule has 0 aliphatic carbocycles. The third-order valence-corrected chi connectivity index (χ3v) is 2.21. The number of halogens is 2. The van der Waals surface area contributed by atoms with Gasteiger partial charge in [0, 0.05) is 10.4 Å². The molecule has 0 saturated carbocycles. The molecular weight excluding hydrogens is 235 g/mol. The van der Waals surface area contributed by atoms with E-state index in [0.29, 0.717) is 0 Å². The zero-order valence-electron chi connectivity index (χ0n) is 6.69. The number of hydrogen-bond acceptors (Lipinski definition) is 0. The minimum Gasteiger partial charge on any atom is -0.0985 e. The smallest absolute Gasteiger partial charge is 0.0414 e. The molecule has 0 radical (unpaired) electrons. The lowest BCUT2D eigenvalue weighted by atomic mass is 10.1. The van der Waals surface area contributed by atoms with Crippen molar-refractivity contribution in [2.45, 2.75) is 6.42 Å². The van der Waals surface area contributed by atoms with E-state index in [4.69, 9.17) is 11.6 Å². The van der Waals surface area contributed by atoms with Gasteiger partial charge in [0.1, 0.15) is 0 Å². The highest BCUT2D eigenvalue weighted by molar-refractivity contribution is 9.09. The van der Waals surface area contributed by atoms with Crippen LogP contribution < -0.4 is 0 Å². The Hall–Kier alpha value is -0.270. The van der Waals surface area contributed by atoms with Gasteiger partial charge in [0.05, 0.1) is 0 Å². The molecule has 0 nitrogen and oxygen atoms in total. The molecule has 0 atom stereocenters. The van der Waals surface area contributed by atoms with E-state index in [2.05, 4.69) is 28.6 Å². The molecule has 0 fully saturated rings. The quantitative estimate of drug-likeness (QED) is 0.708. The Balaban J connectivity index is 2.97. The third-order valence-electron chi connectivity index (χ3n) is 1.60. The van der Waals surface area contributed by atoms with E-state index in [1.807, 2.05) is 18.2 Å². The van der Waals surface area contributed by atoms with Gasteiger partial charge >= 0.3 is 0 Å². The van der Waals surface area contributed by atoms with E-state index in [1.54, 1.807) is 0 Å². The summed E-state index contributed by atoms with van der Waals surface area (Å²) in [5.41, 5.74) is 2.33. The van der Waals surface area contributed by atoms with Gasteiger partial charge in [-0.05, 0) is 29.7 Å². The first-order valence-electron chi connectivity index (χ1n) is 3.74. The average molecular weight is 246 g/mol. The van der Waals surface area contributed by atoms with Crippen molar-refractivity contribution in [3.05, 3.63) is 40.9 Å². The second-order valence-electron chi connectivity index (χ2n) is 2.54. The molecule has 0 bridgehead atoms. The molecule has 1 aromatic rings. The number of aryl methyl sites for hydroxylation is 1. The van der Waals surface area contributed by atoms with E-state index < -0.39 is 0 Å². The second kappa shape index (κ2) is 4.68. The van der Waals surface area contributed by atoms with Crippen molar-refractivity contribution < 1.29 is 0 Å². The predicted octanol–water partition coefficient (Wildman–Crippen LogP) is 3.92. The van der Waals surface area contributed by atoms with E-state index in [9.17, 15) is 0 Å². The summed E-state index contributed by atoms with van der Waals surface area (Å²) in [6.07, 6.45) is 2.81. The Bertz CT molecular complexity index is 281. The van der Waals surface area contributed by atoms with Crippen LogP contribution in [-0.2, 0) is 6.42 Å². The van der Waals surface area contributed by atoms with Crippen LogP contribution in [0.25, 0.3) is 6.08 Å². The minimum absolute atomic E-state index is 0.781. The lowest BCUT2D eigenvalue weighted by Crippen LogP contribution is -1.86. The van der Waals surface area contributed by atoms with Gasteiger partial charge in [-0.3, -0.25) is 0 Å². The summed E-state index contributed by atoms with van der Waals surface area (Å²) in [6, 6.07) is 5.99. The van der Waals surface area contributed by atoms with Crippen molar-refractivity contribution in [1.82, 2.24) is 0 Å². The van der Waals surface area contributed by atoms with Gasteiger partial charge < -0.3 is 0 Å². The second-order valence-corrected chi connectivity index (χ2v) is 3.77. The molecule has 0 spiro atoms. The van der Waals surface area contributed by atoms with Crippen LogP contribution in [-0.4, -0.2) is 5.33 Å². The summed E-state index contributed by atoms with van der Waals surface area (Å²) in [5, 5.41) is 1.74. The largest absolute Gasteiger partial charge is 0.0985 e. The number of alkyl halides is 1. The van der Waals surface area contributed by atoms with Gasteiger partial charge in [-0.1, -0.05) is 46.3 Å². The number of rotatable bonds is 3. The zero-order valence-corrected chi connectivity index (χ0v) is 9.03. The van der Waals surface area contributed by atoms with Gasteiger partial charge in [-0.15, -0.1) is 0 Å². The van der Waals surface area contributed by atoms with E-state index >= 15 is 0 Å². The van der Waals surface area contributed by atoms with Gasteiger partial charge in [-0.2, -0.15) is 0 Å². The summed E-state index contributed by atoms with van der Waals surface area (Å²) >= 11 is 9.29. The van der Waals surface area contributed by atoms with Crippen molar-refractivity contribution in [3.63, 3.8) is 0 Å². The molecule has 0 unspecified atom stereocenters. The summed E-state index contributed by atoms with van der Waals surface area (Å²) in [6.45, 7) is 3.70. The third kappa shape index (κ3) is 2.65. The molecule has 0 N–H and O–H groups in total. The maximum Gasteiger partial charge on any atom is 0.0414 e. The highest BCUT2D eigenvalue weighted by atomic mass is 79.9. The van der Waals surface area contributed by atoms with Crippen LogP contribution in [0, 0.1) is 0 Å². The summed E-state index contributed by atoms with van der Waals surface area (Å²) in [5.74, 6) is 0. The lowest BCUT2D eigenvalue weighted by molar-refractivity contribution is 1.17. The van der Waals surface area contributed by atoms with Crippen LogP contribution in [0.1, 0.15) is 11.1 Å². The molecule has 0 heterocycles. The Kier molecular flexibility index (Phi) is 3.83. The van der Waals surface area contributed by atoms with Crippen LogP contribution in [0.15, 0.2) is 24.8 Å². The molecule has 64 valence electrons. The normalized spacial score (nSPS) is 9.83. The molecule has 0 aliphatic rings. The fourth-order valence-corrected chi connectivity index (χ4v) is 1.77. The Morgan fingerprint density at radius 3 is 2.75 bits per heavy atom. The maximum atomic E-state index is 5.90. The predicted molar refractivity (Wildman–Crippen MR) is 59.0 cm³/mol. The van der Waals surface area contributed by atoms with Crippen LogP contribution in [0.4, 0.5) is 0 Å². The fraction of sp³-hybridized carbons (Fsp3) is 0.200. The van der Waals surface area contributed by atoms with Gasteiger partial charge in [0.2, 0.25) is 0 Å². The number of hydrogen-bond donors (Lipinski definition) is 0. The number of benzene rings is 1. The van der Waals surface area contributed by atoms with Crippen molar-refractivity contribution in [1.29, 1.82) is 0 Å². The maximum absolute atomic E-state index is 5.90. The van der Waals surface area contributed by atoms with Crippen LogP contribution >= 0.6 is 27.5 Å². The van der Waals surface area contributed by atoms with Crippen LogP contribution in [0.2, 0.25) is 5.02 Å². The first-order chi connectivity index (χ1) is 5.76. The zero-order chi connectivity index (χ0) is 8.97. The Morgan fingerprint density at radius 2 is 2.17 bits per heavy atom. The SMILES string of the molecule is C=Cc1cc(Cl)cc(CCBr)c1. The van der Waals surface area contributed by atoms with Gasteiger partial charge in [-0.25, -0.2) is 0 Å². The van der Waals surface area contributed by atoms with Crippen molar-refractivity contribution in [3.8, 4) is 0 Å². The first-order valence-corrected chi connectivity index (χ1v) is 5.24. The van der Waals surface area contributed by atoms with Crippen molar-refractivity contribution >= 4 is 33.6 Å². The van der Waals surface area contributed by atoms with E-state index in [0.717, 1.165) is 22.3 Å². The standard InChI is InChI=1S/C10H10BrCl/c1-2-8-5-9(3-4-11)7-10(12)6-8/h2,5-7H,1,3-4H2. The van der Waals surface area contributed by atoms with Crippen LogP contribution in [0.5, 0.6) is 0 Å². The molecule has 0 amide bonds. The Labute approximate surface area is 86.4 Å². The van der Waals surface area contributed by atoms with Gasteiger partial charge in [0.25, 0.3) is 0 Å². The lowest BCUT2D eigenvalue weighted by Gasteiger charge is -2.01. The molecule has 0 saturated heterocycles. The highest BCUT2D eigenvalue weighted by Crippen LogP contribution is 2.16. The van der Waals surface area contributed by atoms with Gasteiger partial charge in [0.15, 0.2) is 0 Å². The summed E-state index contributed by atoms with van der Waals surface area (Å²) < 4.78 is 0.